The van der Waals surface area contributed by atoms with E-state index in [1.54, 1.807) is 6.08 Å². The van der Waals surface area contributed by atoms with Crippen molar-refractivity contribution in [2.75, 3.05) is 42.6 Å². The molecule has 1 aliphatic carbocycles. The van der Waals surface area contributed by atoms with Gasteiger partial charge in [-0.3, -0.25) is 4.90 Å². The van der Waals surface area contributed by atoms with Crippen LogP contribution in [0.3, 0.4) is 0 Å². The summed E-state index contributed by atoms with van der Waals surface area (Å²) in [6.07, 6.45) is 6.04. The van der Waals surface area contributed by atoms with Crippen LogP contribution in [-0.2, 0) is 12.8 Å². The van der Waals surface area contributed by atoms with E-state index in [9.17, 15) is 0 Å². The van der Waals surface area contributed by atoms with Crippen LogP contribution in [0.2, 0.25) is 0 Å². The first-order valence-electron chi connectivity index (χ1n) is 12.1. The first-order valence-corrected chi connectivity index (χ1v) is 12.1. The van der Waals surface area contributed by atoms with Gasteiger partial charge in [-0.25, -0.2) is 0 Å². The molecule has 0 spiro atoms. The first-order chi connectivity index (χ1) is 16.6. The molecule has 7 heteroatoms. The summed E-state index contributed by atoms with van der Waals surface area (Å²) < 4.78 is 0. The number of fused-ring (bicyclic) bond motifs is 2. The Morgan fingerprint density at radius 1 is 1.00 bits per heavy atom. The first kappa shape index (κ1) is 22.3. The van der Waals surface area contributed by atoms with E-state index in [-0.39, 0.29) is 12.0 Å². The molecule has 34 heavy (non-hydrogen) atoms. The summed E-state index contributed by atoms with van der Waals surface area (Å²) in [5.74, 6) is 1.38. The lowest BCUT2D eigenvalue weighted by Gasteiger charge is -2.41. The second-order valence-electron chi connectivity index (χ2n) is 9.17. The minimum atomic E-state index is 0.238. The Balaban J connectivity index is 1.36. The molecular formula is C27H33N7. The predicted octanol–water partition coefficient (Wildman–Crippen LogP) is 3.84. The van der Waals surface area contributed by atoms with Crippen LogP contribution in [-0.4, -0.2) is 52.6 Å². The highest BCUT2D eigenvalue weighted by Crippen LogP contribution is 2.38. The van der Waals surface area contributed by atoms with E-state index in [0.717, 1.165) is 38.8 Å². The molecule has 0 amide bonds. The van der Waals surface area contributed by atoms with Gasteiger partial charge in [0.1, 0.15) is 0 Å². The maximum atomic E-state index is 5.95. The van der Waals surface area contributed by atoms with E-state index < -0.39 is 0 Å². The van der Waals surface area contributed by atoms with Crippen molar-refractivity contribution >= 4 is 17.8 Å². The molecule has 0 atom stereocenters. The van der Waals surface area contributed by atoms with Gasteiger partial charge in [-0.2, -0.15) is 15.0 Å². The Kier molecular flexibility index (Phi) is 6.45. The highest BCUT2D eigenvalue weighted by molar-refractivity contribution is 5.45. The van der Waals surface area contributed by atoms with Gasteiger partial charge < -0.3 is 16.0 Å². The van der Waals surface area contributed by atoms with E-state index >= 15 is 0 Å². The SMILES string of the molecule is C=CCNc1nc(N)nc(N2CCC(N(C)C3c4ccccc4CCc4ccccc43)CC2)n1. The molecule has 176 valence electrons. The topological polar surface area (TPSA) is 83.2 Å². The Hall–Kier alpha value is -3.45. The molecule has 0 bridgehead atoms. The Labute approximate surface area is 201 Å². The second-order valence-corrected chi connectivity index (χ2v) is 9.17. The lowest BCUT2D eigenvalue weighted by molar-refractivity contribution is 0.169. The molecule has 1 fully saturated rings. The highest BCUT2D eigenvalue weighted by Gasteiger charge is 2.32. The van der Waals surface area contributed by atoms with E-state index in [1.807, 2.05) is 0 Å². The monoisotopic (exact) mass is 455 g/mol. The van der Waals surface area contributed by atoms with Gasteiger partial charge in [0.05, 0.1) is 6.04 Å². The zero-order valence-electron chi connectivity index (χ0n) is 19.8. The molecule has 0 saturated carbocycles. The summed E-state index contributed by atoms with van der Waals surface area (Å²) in [5.41, 5.74) is 11.8. The fourth-order valence-corrected chi connectivity index (χ4v) is 5.38. The van der Waals surface area contributed by atoms with Gasteiger partial charge in [-0.15, -0.1) is 6.58 Å². The minimum Gasteiger partial charge on any atom is -0.368 e. The molecule has 1 saturated heterocycles. The predicted molar refractivity (Wildman–Crippen MR) is 138 cm³/mol. The molecule has 1 aliphatic heterocycles. The van der Waals surface area contributed by atoms with Crippen molar-refractivity contribution < 1.29 is 0 Å². The number of rotatable bonds is 6. The van der Waals surface area contributed by atoms with Crippen molar-refractivity contribution in [2.24, 2.45) is 0 Å². The number of nitrogens with two attached hydrogens (primary N) is 1. The van der Waals surface area contributed by atoms with Gasteiger partial charge in [0, 0.05) is 25.7 Å². The Bertz CT molecular complexity index is 1110. The van der Waals surface area contributed by atoms with E-state index in [4.69, 9.17) is 5.73 Å². The number of nitrogens with zero attached hydrogens (tertiary/aromatic N) is 5. The molecule has 0 radical (unpaired) electrons. The number of benzene rings is 2. The number of nitrogen functional groups attached to an aromatic ring is 1. The molecule has 3 aromatic rings. The quantitative estimate of drug-likeness (QED) is 0.547. The molecule has 2 heterocycles. The fraction of sp³-hybridized carbons (Fsp3) is 0.370. The van der Waals surface area contributed by atoms with Gasteiger partial charge >= 0.3 is 0 Å². The average molecular weight is 456 g/mol. The van der Waals surface area contributed by atoms with Gasteiger partial charge in [-0.1, -0.05) is 54.6 Å². The molecule has 7 nitrogen and oxygen atoms in total. The molecule has 5 rings (SSSR count). The zero-order chi connectivity index (χ0) is 23.5. The largest absolute Gasteiger partial charge is 0.368 e. The van der Waals surface area contributed by atoms with Gasteiger partial charge in [0.2, 0.25) is 17.8 Å². The zero-order valence-corrected chi connectivity index (χ0v) is 19.8. The third-order valence-corrected chi connectivity index (χ3v) is 7.14. The lowest BCUT2D eigenvalue weighted by atomic mass is 9.91. The van der Waals surface area contributed by atoms with Crippen LogP contribution in [0.1, 0.15) is 41.1 Å². The molecule has 0 unspecified atom stereocenters. The van der Waals surface area contributed by atoms with Gasteiger partial charge in [-0.05, 0) is 55.0 Å². The average Bonchev–Trinajstić information content (AvgIpc) is 3.04. The third-order valence-electron chi connectivity index (χ3n) is 7.14. The lowest BCUT2D eigenvalue weighted by Crippen LogP contribution is -2.45. The van der Waals surface area contributed by atoms with Crippen LogP contribution in [0.25, 0.3) is 0 Å². The van der Waals surface area contributed by atoms with Crippen LogP contribution >= 0.6 is 0 Å². The summed E-state index contributed by atoms with van der Waals surface area (Å²) in [6.45, 7) is 6.08. The Morgan fingerprint density at radius 3 is 2.24 bits per heavy atom. The van der Waals surface area contributed by atoms with Crippen molar-refractivity contribution in [1.29, 1.82) is 0 Å². The van der Waals surface area contributed by atoms with E-state index in [1.165, 1.54) is 22.3 Å². The Morgan fingerprint density at radius 2 is 1.62 bits per heavy atom. The number of aromatic nitrogens is 3. The molecule has 2 aromatic carbocycles. The van der Waals surface area contributed by atoms with Crippen molar-refractivity contribution in [3.63, 3.8) is 0 Å². The van der Waals surface area contributed by atoms with Gasteiger partial charge in [0.15, 0.2) is 0 Å². The summed E-state index contributed by atoms with van der Waals surface area (Å²) in [5, 5.41) is 3.11. The third kappa shape index (κ3) is 4.48. The van der Waals surface area contributed by atoms with Crippen molar-refractivity contribution in [3.8, 4) is 0 Å². The highest BCUT2D eigenvalue weighted by atomic mass is 15.3. The molecule has 3 N–H and O–H groups in total. The number of hydrogen-bond acceptors (Lipinski definition) is 7. The maximum absolute atomic E-state index is 5.95. The minimum absolute atomic E-state index is 0.238. The van der Waals surface area contributed by atoms with Gasteiger partial charge in [0.25, 0.3) is 0 Å². The van der Waals surface area contributed by atoms with Crippen LogP contribution in [0, 0.1) is 0 Å². The maximum Gasteiger partial charge on any atom is 0.231 e. The number of anilines is 3. The normalized spacial score (nSPS) is 16.6. The number of hydrogen-bond donors (Lipinski definition) is 2. The summed E-state index contributed by atoms with van der Waals surface area (Å²) >= 11 is 0. The molecule has 2 aliphatic rings. The number of piperidine rings is 1. The van der Waals surface area contributed by atoms with Crippen LogP contribution < -0.4 is 16.0 Å². The summed E-state index contributed by atoms with van der Waals surface area (Å²) in [6, 6.07) is 18.7. The standard InChI is InChI=1S/C27H33N7/c1-3-16-29-26-30-25(28)31-27(32-26)34-17-14-21(15-18-34)33(2)24-22-10-6-4-8-19(22)12-13-20-9-5-7-11-23(20)24/h3-11,21,24H,1,12-18H2,2H3,(H3,28,29,30,31,32). The summed E-state index contributed by atoms with van der Waals surface area (Å²) in [4.78, 5) is 18.0. The van der Waals surface area contributed by atoms with Crippen LogP contribution in [0.5, 0.6) is 0 Å². The van der Waals surface area contributed by atoms with Crippen LogP contribution in [0.15, 0.2) is 61.2 Å². The van der Waals surface area contributed by atoms with Crippen molar-refractivity contribution in [2.45, 2.75) is 37.8 Å². The van der Waals surface area contributed by atoms with Crippen molar-refractivity contribution in [1.82, 2.24) is 19.9 Å². The number of aryl methyl sites for hydroxylation is 2. The fourth-order valence-electron chi connectivity index (χ4n) is 5.38. The molecule has 1 aromatic heterocycles. The summed E-state index contributed by atoms with van der Waals surface area (Å²) in [7, 11) is 2.29. The van der Waals surface area contributed by atoms with E-state index in [2.05, 4.69) is 92.2 Å². The van der Waals surface area contributed by atoms with Crippen molar-refractivity contribution in [3.05, 3.63) is 83.4 Å². The number of nitrogens with one attached hydrogen (secondary N) is 1. The smallest absolute Gasteiger partial charge is 0.231 e. The molecular weight excluding hydrogens is 422 g/mol. The van der Waals surface area contributed by atoms with E-state index in [0.29, 0.717) is 24.5 Å². The van der Waals surface area contributed by atoms with Crippen LogP contribution in [0.4, 0.5) is 17.8 Å². The second kappa shape index (κ2) is 9.81.